The van der Waals surface area contributed by atoms with Gasteiger partial charge in [0.25, 0.3) is 0 Å². The molecule has 3 atom stereocenters. The van der Waals surface area contributed by atoms with Crippen LogP contribution in [0.5, 0.6) is 0 Å². The third-order valence-electron chi connectivity index (χ3n) is 4.25. The quantitative estimate of drug-likeness (QED) is 0.847. The maximum absolute atomic E-state index is 12.9. The molecule has 1 heterocycles. The first-order valence-electron chi connectivity index (χ1n) is 7.90. The van der Waals surface area contributed by atoms with Crippen molar-refractivity contribution in [1.82, 2.24) is 4.90 Å². The number of piperidine rings is 1. The molecule has 2 N–H and O–H groups in total. The lowest BCUT2D eigenvalue weighted by atomic mass is 9.91. The summed E-state index contributed by atoms with van der Waals surface area (Å²) < 4.78 is 12.9. The van der Waals surface area contributed by atoms with Gasteiger partial charge in [-0.05, 0) is 49.9 Å². The highest BCUT2D eigenvalue weighted by atomic mass is 32.2. The van der Waals surface area contributed by atoms with E-state index in [1.165, 1.54) is 12.1 Å². The summed E-state index contributed by atoms with van der Waals surface area (Å²) in [5.41, 5.74) is 5.98. The Bertz CT molecular complexity index is 492. The van der Waals surface area contributed by atoms with Gasteiger partial charge in [0.05, 0.1) is 0 Å². The zero-order chi connectivity index (χ0) is 16.1. The fourth-order valence-electron chi connectivity index (χ4n) is 2.77. The molecule has 2 rings (SSSR count). The van der Waals surface area contributed by atoms with E-state index in [2.05, 4.69) is 0 Å². The maximum atomic E-state index is 12.9. The standard InChI is InChI=1S/C17H25FN2OS/c1-12(11-22-16-7-5-15(18)6-8-16)17(21)20-9-3-4-14(10-20)13(2)19/h5-8,12-14H,3-4,9-11,19H2,1-2H3. The van der Waals surface area contributed by atoms with E-state index >= 15 is 0 Å². The molecule has 122 valence electrons. The number of thioether (sulfide) groups is 1. The largest absolute Gasteiger partial charge is 0.342 e. The van der Waals surface area contributed by atoms with E-state index in [0.29, 0.717) is 11.7 Å². The van der Waals surface area contributed by atoms with Gasteiger partial charge in [-0.15, -0.1) is 11.8 Å². The normalized spacial score (nSPS) is 21.5. The van der Waals surface area contributed by atoms with Gasteiger partial charge in [-0.3, -0.25) is 4.79 Å². The van der Waals surface area contributed by atoms with Gasteiger partial charge in [-0.2, -0.15) is 0 Å². The summed E-state index contributed by atoms with van der Waals surface area (Å²) in [6, 6.07) is 6.55. The second kappa shape index (κ2) is 7.97. The van der Waals surface area contributed by atoms with Gasteiger partial charge in [0.1, 0.15) is 5.82 Å². The van der Waals surface area contributed by atoms with E-state index < -0.39 is 0 Å². The number of benzene rings is 1. The zero-order valence-electron chi connectivity index (χ0n) is 13.3. The number of nitrogens with zero attached hydrogens (tertiary/aromatic N) is 1. The van der Waals surface area contributed by atoms with E-state index in [9.17, 15) is 9.18 Å². The van der Waals surface area contributed by atoms with Gasteiger partial charge in [-0.1, -0.05) is 6.92 Å². The Morgan fingerprint density at radius 1 is 1.41 bits per heavy atom. The van der Waals surface area contributed by atoms with Crippen LogP contribution in [-0.2, 0) is 4.79 Å². The minimum Gasteiger partial charge on any atom is -0.342 e. The van der Waals surface area contributed by atoms with E-state index in [0.717, 1.165) is 30.8 Å². The Kier molecular flexibility index (Phi) is 6.26. The predicted octanol–water partition coefficient (Wildman–Crippen LogP) is 3.14. The lowest BCUT2D eigenvalue weighted by molar-refractivity contribution is -0.136. The number of halogens is 1. The van der Waals surface area contributed by atoms with Crippen molar-refractivity contribution >= 4 is 17.7 Å². The number of amides is 1. The summed E-state index contributed by atoms with van der Waals surface area (Å²) in [6.07, 6.45) is 2.15. The molecule has 3 unspecified atom stereocenters. The average molecular weight is 324 g/mol. The lowest BCUT2D eigenvalue weighted by Gasteiger charge is -2.36. The molecule has 1 amide bonds. The summed E-state index contributed by atoms with van der Waals surface area (Å²) >= 11 is 1.60. The first kappa shape index (κ1) is 17.3. The van der Waals surface area contributed by atoms with Crippen LogP contribution >= 0.6 is 11.8 Å². The average Bonchev–Trinajstić information content (AvgIpc) is 2.53. The molecule has 1 saturated heterocycles. The van der Waals surface area contributed by atoms with Crippen LogP contribution in [-0.4, -0.2) is 35.7 Å². The van der Waals surface area contributed by atoms with Crippen LogP contribution in [0.15, 0.2) is 29.2 Å². The topological polar surface area (TPSA) is 46.3 Å². The third kappa shape index (κ3) is 4.71. The van der Waals surface area contributed by atoms with Crippen molar-refractivity contribution < 1.29 is 9.18 Å². The van der Waals surface area contributed by atoms with Crippen LogP contribution < -0.4 is 5.73 Å². The van der Waals surface area contributed by atoms with Crippen LogP contribution in [0.3, 0.4) is 0 Å². The van der Waals surface area contributed by atoms with Gasteiger partial charge in [0, 0.05) is 35.7 Å². The minimum absolute atomic E-state index is 0.0399. The van der Waals surface area contributed by atoms with Gasteiger partial charge in [0.2, 0.25) is 5.91 Å². The molecule has 0 saturated carbocycles. The Hall–Kier alpha value is -1.07. The number of carbonyl (C=O) groups is 1. The highest BCUT2D eigenvalue weighted by Crippen LogP contribution is 2.24. The summed E-state index contributed by atoms with van der Waals surface area (Å²) in [5, 5.41) is 0. The molecule has 1 aliphatic rings. The molecule has 22 heavy (non-hydrogen) atoms. The fraction of sp³-hybridized carbons (Fsp3) is 0.588. The fourth-order valence-corrected chi connectivity index (χ4v) is 3.69. The lowest BCUT2D eigenvalue weighted by Crippen LogP contribution is -2.47. The molecule has 0 bridgehead atoms. The molecule has 0 radical (unpaired) electrons. The number of likely N-dealkylation sites (tertiary alicyclic amines) is 1. The van der Waals surface area contributed by atoms with Gasteiger partial charge in [-0.25, -0.2) is 4.39 Å². The van der Waals surface area contributed by atoms with E-state index in [1.54, 1.807) is 23.9 Å². The highest BCUT2D eigenvalue weighted by molar-refractivity contribution is 7.99. The van der Waals surface area contributed by atoms with Gasteiger partial charge < -0.3 is 10.6 Å². The van der Waals surface area contributed by atoms with Gasteiger partial charge >= 0.3 is 0 Å². The molecule has 5 heteroatoms. The molecule has 0 aromatic heterocycles. The Morgan fingerprint density at radius 3 is 2.73 bits per heavy atom. The van der Waals surface area contributed by atoms with Crippen LogP contribution in [0.4, 0.5) is 4.39 Å². The van der Waals surface area contributed by atoms with Crippen molar-refractivity contribution in [3.63, 3.8) is 0 Å². The molecule has 1 aromatic rings. The van der Waals surface area contributed by atoms with Crippen molar-refractivity contribution in [3.05, 3.63) is 30.1 Å². The predicted molar refractivity (Wildman–Crippen MR) is 89.2 cm³/mol. The summed E-state index contributed by atoms with van der Waals surface area (Å²) in [5.74, 6) is 1.06. The Balaban J connectivity index is 1.84. The third-order valence-corrected chi connectivity index (χ3v) is 5.52. The molecular formula is C17H25FN2OS. The first-order chi connectivity index (χ1) is 10.5. The molecule has 1 fully saturated rings. The van der Waals surface area contributed by atoms with Crippen LogP contribution in [0.25, 0.3) is 0 Å². The second-order valence-electron chi connectivity index (χ2n) is 6.21. The molecule has 1 aromatic carbocycles. The molecule has 1 aliphatic heterocycles. The van der Waals surface area contributed by atoms with Crippen molar-refractivity contribution in [2.45, 2.75) is 37.6 Å². The van der Waals surface area contributed by atoms with Crippen molar-refractivity contribution in [2.24, 2.45) is 17.6 Å². The minimum atomic E-state index is -0.233. The van der Waals surface area contributed by atoms with Crippen LogP contribution in [0.1, 0.15) is 26.7 Å². The molecule has 0 aliphatic carbocycles. The van der Waals surface area contributed by atoms with Crippen LogP contribution in [0, 0.1) is 17.7 Å². The molecular weight excluding hydrogens is 299 g/mol. The number of rotatable bonds is 5. The van der Waals surface area contributed by atoms with Crippen molar-refractivity contribution in [2.75, 3.05) is 18.8 Å². The summed E-state index contributed by atoms with van der Waals surface area (Å²) in [4.78, 5) is 15.5. The Morgan fingerprint density at radius 2 is 2.09 bits per heavy atom. The maximum Gasteiger partial charge on any atom is 0.226 e. The summed E-state index contributed by atoms with van der Waals surface area (Å²) in [7, 11) is 0. The Labute approximate surface area is 136 Å². The smallest absolute Gasteiger partial charge is 0.226 e. The number of hydrogen-bond acceptors (Lipinski definition) is 3. The van der Waals surface area contributed by atoms with Crippen molar-refractivity contribution in [3.8, 4) is 0 Å². The van der Waals surface area contributed by atoms with Crippen molar-refractivity contribution in [1.29, 1.82) is 0 Å². The number of hydrogen-bond donors (Lipinski definition) is 1. The number of carbonyl (C=O) groups excluding carboxylic acids is 1. The van der Waals surface area contributed by atoms with E-state index in [-0.39, 0.29) is 23.7 Å². The first-order valence-corrected chi connectivity index (χ1v) is 8.88. The zero-order valence-corrected chi connectivity index (χ0v) is 14.1. The monoisotopic (exact) mass is 324 g/mol. The molecule has 0 spiro atoms. The van der Waals surface area contributed by atoms with E-state index in [4.69, 9.17) is 5.73 Å². The number of nitrogens with two attached hydrogens (primary N) is 1. The highest BCUT2D eigenvalue weighted by Gasteiger charge is 2.28. The SMILES string of the molecule is CC(CSc1ccc(F)cc1)C(=O)N1CCCC(C(C)N)C1. The van der Waals surface area contributed by atoms with Crippen LogP contribution in [0.2, 0.25) is 0 Å². The summed E-state index contributed by atoms with van der Waals surface area (Å²) in [6.45, 7) is 5.61. The molecule has 3 nitrogen and oxygen atoms in total. The van der Waals surface area contributed by atoms with Gasteiger partial charge in [0.15, 0.2) is 0 Å². The van der Waals surface area contributed by atoms with E-state index in [1.807, 2.05) is 18.7 Å². The second-order valence-corrected chi connectivity index (χ2v) is 7.31.